The van der Waals surface area contributed by atoms with E-state index in [2.05, 4.69) is 5.32 Å². The zero-order valence-corrected chi connectivity index (χ0v) is 15.3. The molecule has 1 aliphatic rings. The number of nitrogen functional groups attached to an aromatic ring is 1. The van der Waals surface area contributed by atoms with Crippen LogP contribution in [-0.4, -0.2) is 19.1 Å². The van der Waals surface area contributed by atoms with Crippen LogP contribution in [0.3, 0.4) is 0 Å². The molecule has 3 N–H and O–H groups in total. The molecule has 3 rings (SSSR count). The molecule has 1 saturated carbocycles. The van der Waals surface area contributed by atoms with Crippen LogP contribution in [0.1, 0.15) is 54.6 Å². The largest absolute Gasteiger partial charge is 0.493 e. The van der Waals surface area contributed by atoms with Gasteiger partial charge in [-0.3, -0.25) is 4.79 Å². The third-order valence-electron chi connectivity index (χ3n) is 4.80. The molecule has 138 valence electrons. The highest BCUT2D eigenvalue weighted by Crippen LogP contribution is 2.33. The lowest BCUT2D eigenvalue weighted by Gasteiger charge is -2.19. The van der Waals surface area contributed by atoms with Gasteiger partial charge in [0.15, 0.2) is 11.5 Å². The summed E-state index contributed by atoms with van der Waals surface area (Å²) in [5.41, 5.74) is 7.85. The van der Waals surface area contributed by atoms with Crippen LogP contribution < -0.4 is 20.5 Å². The highest BCUT2D eigenvalue weighted by molar-refractivity contribution is 5.94. The van der Waals surface area contributed by atoms with Crippen molar-refractivity contribution in [1.29, 1.82) is 0 Å². The summed E-state index contributed by atoms with van der Waals surface area (Å²) >= 11 is 0. The van der Waals surface area contributed by atoms with Gasteiger partial charge in [0.2, 0.25) is 0 Å². The van der Waals surface area contributed by atoms with E-state index < -0.39 is 0 Å². The Hall–Kier alpha value is -2.69. The second-order valence-corrected chi connectivity index (χ2v) is 6.75. The Bertz CT molecular complexity index is 752. The van der Waals surface area contributed by atoms with Gasteiger partial charge >= 0.3 is 0 Å². The fraction of sp³-hybridized carbons (Fsp3) is 0.381. The summed E-state index contributed by atoms with van der Waals surface area (Å²) in [6, 6.07) is 12.6. The molecule has 5 nitrogen and oxygen atoms in total. The van der Waals surface area contributed by atoms with Crippen molar-refractivity contribution in [2.75, 3.05) is 12.8 Å². The van der Waals surface area contributed by atoms with Gasteiger partial charge in [0.05, 0.1) is 19.3 Å². The summed E-state index contributed by atoms with van der Waals surface area (Å²) in [5.74, 6) is 1.32. The first kappa shape index (κ1) is 18.1. The van der Waals surface area contributed by atoms with E-state index in [9.17, 15) is 4.79 Å². The number of nitrogens with one attached hydrogen (secondary N) is 1. The molecule has 5 heteroatoms. The van der Waals surface area contributed by atoms with Gasteiger partial charge in [-0.25, -0.2) is 0 Å². The first-order valence-corrected chi connectivity index (χ1v) is 9.08. The van der Waals surface area contributed by atoms with Crippen molar-refractivity contribution in [3.8, 4) is 11.5 Å². The molecule has 26 heavy (non-hydrogen) atoms. The highest BCUT2D eigenvalue weighted by Gasteiger charge is 2.19. The number of benzene rings is 2. The van der Waals surface area contributed by atoms with Gasteiger partial charge in [0.1, 0.15) is 0 Å². The van der Waals surface area contributed by atoms with E-state index in [0.717, 1.165) is 24.2 Å². The number of carbonyl (C=O) groups is 1. The molecule has 0 bridgehead atoms. The van der Waals surface area contributed by atoms with E-state index in [4.69, 9.17) is 15.2 Å². The Balaban J connectivity index is 1.69. The Kier molecular flexibility index (Phi) is 5.66. The molecule has 0 saturated heterocycles. The van der Waals surface area contributed by atoms with Crippen molar-refractivity contribution in [3.05, 3.63) is 53.6 Å². The zero-order valence-electron chi connectivity index (χ0n) is 15.3. The monoisotopic (exact) mass is 354 g/mol. The maximum absolute atomic E-state index is 12.4. The predicted octanol–water partition coefficient (Wildman–Crippen LogP) is 4.09. The van der Waals surface area contributed by atoms with Gasteiger partial charge in [-0.1, -0.05) is 6.07 Å². The first-order valence-electron chi connectivity index (χ1n) is 9.08. The van der Waals surface area contributed by atoms with Crippen LogP contribution in [0.25, 0.3) is 0 Å². The first-order chi connectivity index (χ1) is 12.6. The summed E-state index contributed by atoms with van der Waals surface area (Å²) < 4.78 is 11.6. The molecule has 0 aromatic heterocycles. The molecule has 1 fully saturated rings. The smallest absolute Gasteiger partial charge is 0.251 e. The highest BCUT2D eigenvalue weighted by atomic mass is 16.5. The van der Waals surface area contributed by atoms with Crippen molar-refractivity contribution in [3.63, 3.8) is 0 Å². The minimum atomic E-state index is -0.158. The number of amides is 1. The van der Waals surface area contributed by atoms with Crippen LogP contribution >= 0.6 is 0 Å². The fourth-order valence-corrected chi connectivity index (χ4v) is 3.23. The summed E-state index contributed by atoms with van der Waals surface area (Å²) in [7, 11) is 1.64. The Morgan fingerprint density at radius 1 is 1.12 bits per heavy atom. The third-order valence-corrected chi connectivity index (χ3v) is 4.80. The molecule has 1 unspecified atom stereocenters. The predicted molar refractivity (Wildman–Crippen MR) is 103 cm³/mol. The van der Waals surface area contributed by atoms with E-state index in [0.29, 0.717) is 17.0 Å². The average Bonchev–Trinajstić information content (AvgIpc) is 3.15. The lowest BCUT2D eigenvalue weighted by molar-refractivity contribution is 0.0940. The second kappa shape index (κ2) is 8.13. The maximum Gasteiger partial charge on any atom is 0.251 e. The lowest BCUT2D eigenvalue weighted by atomic mass is 10.1. The van der Waals surface area contributed by atoms with Crippen LogP contribution in [-0.2, 0) is 0 Å². The molecule has 2 aromatic carbocycles. The molecular weight excluding hydrogens is 328 g/mol. The molecular formula is C21H26N2O3. The van der Waals surface area contributed by atoms with E-state index in [-0.39, 0.29) is 18.1 Å². The molecule has 0 heterocycles. The number of nitrogens with two attached hydrogens (primary N) is 1. The van der Waals surface area contributed by atoms with Gasteiger partial charge in [-0.05, 0) is 74.6 Å². The minimum absolute atomic E-state index is 0.136. The number of methoxy groups -OCH3 is 1. The van der Waals surface area contributed by atoms with E-state index in [1.54, 1.807) is 31.4 Å². The quantitative estimate of drug-likeness (QED) is 0.766. The molecule has 2 aromatic rings. The van der Waals surface area contributed by atoms with Crippen LogP contribution in [0.15, 0.2) is 42.5 Å². The van der Waals surface area contributed by atoms with Gasteiger partial charge < -0.3 is 20.5 Å². The number of anilines is 1. The van der Waals surface area contributed by atoms with Gasteiger partial charge in [-0.2, -0.15) is 0 Å². The maximum atomic E-state index is 12.4. The molecule has 0 radical (unpaired) electrons. The summed E-state index contributed by atoms with van der Waals surface area (Å²) in [6.45, 7) is 1.95. The topological polar surface area (TPSA) is 73.6 Å². The molecule has 1 atom stereocenters. The SMILES string of the molecule is COc1cc(C(C)NC(=O)c2ccc(N)cc2)ccc1OC1CCCC1. The summed E-state index contributed by atoms with van der Waals surface area (Å²) in [5, 5.41) is 3.00. The van der Waals surface area contributed by atoms with Gasteiger partial charge in [0, 0.05) is 11.3 Å². The Labute approximate surface area is 154 Å². The Morgan fingerprint density at radius 2 is 1.81 bits per heavy atom. The number of rotatable bonds is 6. The minimum Gasteiger partial charge on any atom is -0.493 e. The van der Waals surface area contributed by atoms with Crippen LogP contribution in [0.2, 0.25) is 0 Å². The van der Waals surface area contributed by atoms with Crippen LogP contribution in [0.4, 0.5) is 5.69 Å². The molecule has 1 aliphatic carbocycles. The number of ether oxygens (including phenoxy) is 2. The summed E-state index contributed by atoms with van der Waals surface area (Å²) in [6.07, 6.45) is 4.91. The van der Waals surface area contributed by atoms with E-state index >= 15 is 0 Å². The summed E-state index contributed by atoms with van der Waals surface area (Å²) in [4.78, 5) is 12.4. The van der Waals surface area contributed by atoms with Crippen molar-refractivity contribution >= 4 is 11.6 Å². The van der Waals surface area contributed by atoms with E-state index in [1.165, 1.54) is 12.8 Å². The van der Waals surface area contributed by atoms with Crippen molar-refractivity contribution in [2.24, 2.45) is 0 Å². The Morgan fingerprint density at radius 3 is 2.46 bits per heavy atom. The van der Waals surface area contributed by atoms with Crippen molar-refractivity contribution < 1.29 is 14.3 Å². The third kappa shape index (κ3) is 4.28. The zero-order chi connectivity index (χ0) is 18.5. The van der Waals surface area contributed by atoms with Crippen molar-refractivity contribution in [2.45, 2.75) is 44.8 Å². The van der Waals surface area contributed by atoms with Crippen molar-refractivity contribution in [1.82, 2.24) is 5.32 Å². The lowest BCUT2D eigenvalue weighted by Crippen LogP contribution is -2.26. The standard InChI is InChI=1S/C21H26N2O3/c1-14(23-21(24)15-7-10-17(22)11-8-15)16-9-12-19(20(13-16)25-2)26-18-5-3-4-6-18/h7-14,18H,3-6,22H2,1-2H3,(H,23,24). The number of carbonyl (C=O) groups excluding carboxylic acids is 1. The molecule has 1 amide bonds. The van der Waals surface area contributed by atoms with Crippen LogP contribution in [0.5, 0.6) is 11.5 Å². The number of hydrogen-bond acceptors (Lipinski definition) is 4. The number of hydrogen-bond donors (Lipinski definition) is 2. The fourth-order valence-electron chi connectivity index (χ4n) is 3.23. The van der Waals surface area contributed by atoms with E-state index in [1.807, 2.05) is 25.1 Å². The molecule has 0 spiro atoms. The van der Waals surface area contributed by atoms with Gasteiger partial charge in [0.25, 0.3) is 5.91 Å². The normalized spacial score (nSPS) is 15.5. The van der Waals surface area contributed by atoms with Gasteiger partial charge in [-0.15, -0.1) is 0 Å². The van der Waals surface area contributed by atoms with Crippen LogP contribution in [0, 0.1) is 0 Å². The average molecular weight is 354 g/mol. The molecule has 0 aliphatic heterocycles. The second-order valence-electron chi connectivity index (χ2n) is 6.75.